The third-order valence-corrected chi connectivity index (χ3v) is 4.73. The largest absolute Gasteiger partial charge is 0.497 e. The Balaban J connectivity index is 2.06. The third kappa shape index (κ3) is 1.62. The van der Waals surface area contributed by atoms with Crippen molar-refractivity contribution in [2.45, 2.75) is 0 Å². The lowest BCUT2D eigenvalue weighted by Crippen LogP contribution is -1.88. The number of para-hydroxylation sites is 1. The lowest BCUT2D eigenvalue weighted by Gasteiger charge is -2.00. The van der Waals surface area contributed by atoms with E-state index >= 15 is 0 Å². The second-order valence-electron chi connectivity index (χ2n) is 5.98. The van der Waals surface area contributed by atoms with E-state index in [-0.39, 0.29) is 0 Å². The lowest BCUT2D eigenvalue weighted by molar-refractivity contribution is 0.415. The molecule has 5 rings (SSSR count). The molecule has 0 aliphatic carbocycles. The molecule has 3 heterocycles. The van der Waals surface area contributed by atoms with Gasteiger partial charge in [0.25, 0.3) is 0 Å². The predicted octanol–water partition coefficient (Wildman–Crippen LogP) is 4.39. The Hall–Kier alpha value is -3.14. The molecule has 24 heavy (non-hydrogen) atoms. The molecule has 116 valence electrons. The molecule has 4 heteroatoms. The Kier molecular flexibility index (Phi) is 2.59. The number of nitrogens with zero attached hydrogens (tertiary/aromatic N) is 3. The van der Waals surface area contributed by atoms with Gasteiger partial charge in [-0.25, -0.2) is 9.97 Å². The number of fused-ring (bicyclic) bond motifs is 7. The molecule has 0 radical (unpaired) electrons. The zero-order valence-electron chi connectivity index (χ0n) is 13.4. The van der Waals surface area contributed by atoms with Crippen molar-refractivity contribution in [3.05, 3.63) is 54.7 Å². The highest BCUT2D eigenvalue weighted by atomic mass is 16.5. The first-order valence-corrected chi connectivity index (χ1v) is 7.87. The summed E-state index contributed by atoms with van der Waals surface area (Å²) in [5.74, 6) is 0.839. The summed E-state index contributed by atoms with van der Waals surface area (Å²) >= 11 is 0. The van der Waals surface area contributed by atoms with E-state index in [1.54, 1.807) is 7.11 Å². The Morgan fingerprint density at radius 1 is 1.00 bits per heavy atom. The Labute approximate surface area is 138 Å². The minimum Gasteiger partial charge on any atom is -0.497 e. The number of ether oxygens (including phenoxy) is 1. The van der Waals surface area contributed by atoms with Crippen LogP contribution in [0.2, 0.25) is 0 Å². The minimum absolute atomic E-state index is 0.839. The van der Waals surface area contributed by atoms with Gasteiger partial charge in [0.2, 0.25) is 0 Å². The number of hydrogen-bond acceptors (Lipinski definition) is 3. The number of rotatable bonds is 1. The van der Waals surface area contributed by atoms with Gasteiger partial charge in [0.1, 0.15) is 11.4 Å². The van der Waals surface area contributed by atoms with Gasteiger partial charge in [-0.2, -0.15) is 0 Å². The average molecular weight is 313 g/mol. The molecule has 0 fully saturated rings. The van der Waals surface area contributed by atoms with Gasteiger partial charge in [-0.1, -0.05) is 18.2 Å². The van der Waals surface area contributed by atoms with Crippen molar-refractivity contribution in [3.63, 3.8) is 0 Å². The number of hydrogen-bond donors (Lipinski definition) is 0. The maximum Gasteiger partial charge on any atom is 0.142 e. The second-order valence-corrected chi connectivity index (χ2v) is 5.98. The van der Waals surface area contributed by atoms with Gasteiger partial charge in [-0.3, -0.25) is 0 Å². The summed E-state index contributed by atoms with van der Waals surface area (Å²) in [5, 5.41) is 3.35. The molecule has 2 aromatic carbocycles. The van der Waals surface area contributed by atoms with Gasteiger partial charge in [-0.05, 0) is 30.3 Å². The topological polar surface area (TPSA) is 39.9 Å². The van der Waals surface area contributed by atoms with Gasteiger partial charge in [0, 0.05) is 29.6 Å². The summed E-state index contributed by atoms with van der Waals surface area (Å²) in [6, 6.07) is 16.4. The number of methoxy groups -OCH3 is 1. The highest BCUT2D eigenvalue weighted by Crippen LogP contribution is 2.39. The van der Waals surface area contributed by atoms with Crippen LogP contribution in [0, 0.1) is 0 Å². The molecular weight excluding hydrogens is 298 g/mol. The highest BCUT2D eigenvalue weighted by Gasteiger charge is 2.19. The summed E-state index contributed by atoms with van der Waals surface area (Å²) in [6.45, 7) is 0. The molecule has 4 nitrogen and oxygen atoms in total. The maximum absolute atomic E-state index is 5.42. The van der Waals surface area contributed by atoms with E-state index in [0.29, 0.717) is 0 Å². The van der Waals surface area contributed by atoms with E-state index in [9.17, 15) is 0 Å². The van der Waals surface area contributed by atoms with Crippen LogP contribution < -0.4 is 4.74 Å². The molecular formula is C20H15N3O. The van der Waals surface area contributed by atoms with Gasteiger partial charge in [-0.15, -0.1) is 0 Å². The van der Waals surface area contributed by atoms with Crippen molar-refractivity contribution in [1.29, 1.82) is 0 Å². The quantitative estimate of drug-likeness (QED) is 0.461. The monoisotopic (exact) mass is 313 g/mol. The first-order valence-electron chi connectivity index (χ1n) is 7.87. The number of benzene rings is 2. The standard InChI is InChI=1S/C20H15N3O/c1-23-17-8-7-12(24-2)11-15(17)18-19-14(9-10-21-20(18)23)13-5-3-4-6-16(13)22-19/h3-11H,1-2H3. The Morgan fingerprint density at radius 3 is 2.75 bits per heavy atom. The van der Waals surface area contributed by atoms with E-state index in [0.717, 1.165) is 49.8 Å². The van der Waals surface area contributed by atoms with Crippen molar-refractivity contribution in [2.24, 2.45) is 7.05 Å². The van der Waals surface area contributed by atoms with Gasteiger partial charge >= 0.3 is 0 Å². The van der Waals surface area contributed by atoms with Crippen LogP contribution in [0.5, 0.6) is 5.75 Å². The molecule has 0 N–H and O–H groups in total. The molecule has 0 saturated heterocycles. The van der Waals surface area contributed by atoms with E-state index < -0.39 is 0 Å². The van der Waals surface area contributed by atoms with Crippen molar-refractivity contribution >= 4 is 32.8 Å². The van der Waals surface area contributed by atoms with E-state index in [1.807, 2.05) is 31.4 Å². The molecule has 1 aromatic heterocycles. The Bertz CT molecular complexity index is 1210. The molecule has 3 aromatic rings. The van der Waals surface area contributed by atoms with Gasteiger partial charge in [0.05, 0.1) is 29.2 Å². The summed E-state index contributed by atoms with van der Waals surface area (Å²) in [6.07, 6.45) is 1.87. The molecule has 0 spiro atoms. The van der Waals surface area contributed by atoms with E-state index in [2.05, 4.69) is 39.9 Å². The van der Waals surface area contributed by atoms with Crippen molar-refractivity contribution in [2.75, 3.05) is 7.11 Å². The average Bonchev–Trinajstić information content (AvgIpc) is 3.03. The fourth-order valence-electron chi connectivity index (χ4n) is 3.57. The van der Waals surface area contributed by atoms with Crippen molar-refractivity contribution in [3.8, 4) is 17.0 Å². The van der Waals surface area contributed by atoms with E-state index in [1.165, 1.54) is 0 Å². The van der Waals surface area contributed by atoms with Crippen LogP contribution in [0.3, 0.4) is 0 Å². The van der Waals surface area contributed by atoms with Crippen LogP contribution in [0.4, 0.5) is 0 Å². The molecule has 0 unspecified atom stereocenters. The van der Waals surface area contributed by atoms with Crippen LogP contribution in [0.15, 0.2) is 54.7 Å². The summed E-state index contributed by atoms with van der Waals surface area (Å²) in [4.78, 5) is 9.58. The van der Waals surface area contributed by atoms with Crippen LogP contribution in [0.25, 0.3) is 44.1 Å². The fourth-order valence-corrected chi connectivity index (χ4v) is 3.57. The summed E-state index contributed by atoms with van der Waals surface area (Å²) in [7, 11) is 3.73. The molecule has 2 aliphatic heterocycles. The zero-order valence-corrected chi connectivity index (χ0v) is 13.4. The van der Waals surface area contributed by atoms with Gasteiger partial charge in [0.15, 0.2) is 0 Å². The first-order chi connectivity index (χ1) is 11.8. The first kappa shape index (κ1) is 13.3. The van der Waals surface area contributed by atoms with Crippen LogP contribution in [-0.2, 0) is 7.05 Å². The SMILES string of the molecule is COc1ccc2c(c1)c1c3nc4ccccc4c-3ccnc1n2C. The van der Waals surface area contributed by atoms with Crippen molar-refractivity contribution < 1.29 is 4.74 Å². The van der Waals surface area contributed by atoms with Crippen molar-refractivity contribution in [1.82, 2.24) is 14.5 Å². The molecule has 2 aliphatic rings. The zero-order chi connectivity index (χ0) is 16.3. The molecule has 0 saturated carbocycles. The van der Waals surface area contributed by atoms with Crippen LogP contribution in [0.1, 0.15) is 0 Å². The maximum atomic E-state index is 5.42. The highest BCUT2D eigenvalue weighted by molar-refractivity contribution is 6.16. The smallest absolute Gasteiger partial charge is 0.142 e. The summed E-state index contributed by atoms with van der Waals surface area (Å²) in [5.41, 5.74) is 5.18. The fraction of sp³-hybridized carbons (Fsp3) is 0.100. The lowest BCUT2D eigenvalue weighted by atomic mass is 10.1. The normalized spacial score (nSPS) is 11.8. The predicted molar refractivity (Wildman–Crippen MR) is 96.7 cm³/mol. The van der Waals surface area contributed by atoms with E-state index in [4.69, 9.17) is 9.72 Å². The summed E-state index contributed by atoms with van der Waals surface area (Å²) < 4.78 is 7.54. The van der Waals surface area contributed by atoms with Crippen LogP contribution >= 0.6 is 0 Å². The third-order valence-electron chi connectivity index (χ3n) is 4.73. The van der Waals surface area contributed by atoms with Crippen LogP contribution in [-0.4, -0.2) is 21.6 Å². The number of aromatic nitrogens is 3. The Morgan fingerprint density at radius 2 is 1.88 bits per heavy atom. The number of aryl methyl sites for hydroxylation is 1. The molecule has 0 amide bonds. The molecule has 0 bridgehead atoms. The van der Waals surface area contributed by atoms with Gasteiger partial charge < -0.3 is 9.30 Å². The molecule has 0 atom stereocenters. The second kappa shape index (κ2) is 4.68. The minimum atomic E-state index is 0.839.